The summed E-state index contributed by atoms with van der Waals surface area (Å²) in [6.07, 6.45) is 1.40. The lowest BCUT2D eigenvalue weighted by atomic mass is 10.0. The molecule has 2 fully saturated rings. The van der Waals surface area contributed by atoms with Gasteiger partial charge in [0.2, 0.25) is 11.3 Å². The fourth-order valence-electron chi connectivity index (χ4n) is 3.76. The van der Waals surface area contributed by atoms with Crippen molar-refractivity contribution in [1.82, 2.24) is 20.5 Å². The first-order valence-corrected chi connectivity index (χ1v) is 8.50. The van der Waals surface area contributed by atoms with E-state index in [1.165, 1.54) is 6.20 Å². The van der Waals surface area contributed by atoms with Gasteiger partial charge in [-0.25, -0.2) is 0 Å². The lowest BCUT2D eigenvalue weighted by Gasteiger charge is -2.17. The van der Waals surface area contributed by atoms with Crippen LogP contribution >= 0.6 is 0 Å². The normalized spacial score (nSPS) is 22.2. The van der Waals surface area contributed by atoms with Crippen molar-refractivity contribution in [2.24, 2.45) is 11.8 Å². The Morgan fingerprint density at radius 2 is 1.88 bits per heavy atom. The van der Waals surface area contributed by atoms with Crippen LogP contribution in [-0.2, 0) is 4.79 Å². The molecule has 7 heteroatoms. The number of para-hydroxylation sites is 1. The zero-order valence-corrected chi connectivity index (χ0v) is 13.7. The van der Waals surface area contributed by atoms with Crippen LogP contribution in [0.15, 0.2) is 35.3 Å². The number of hydrogen-bond donors (Lipinski definition) is 3. The molecule has 0 aliphatic carbocycles. The number of aromatic amines is 1. The number of H-pyrrole nitrogens is 1. The fourth-order valence-corrected chi connectivity index (χ4v) is 3.76. The molecular weight excluding hydrogens is 320 g/mol. The second-order valence-electron chi connectivity index (χ2n) is 6.74. The van der Waals surface area contributed by atoms with Crippen molar-refractivity contribution in [2.75, 3.05) is 32.7 Å². The highest BCUT2D eigenvalue weighted by molar-refractivity contribution is 5.98. The summed E-state index contributed by atoms with van der Waals surface area (Å²) in [6, 6.07) is 7.02. The van der Waals surface area contributed by atoms with E-state index in [9.17, 15) is 14.4 Å². The molecule has 2 aromatic rings. The van der Waals surface area contributed by atoms with E-state index in [0.29, 0.717) is 22.7 Å². The summed E-state index contributed by atoms with van der Waals surface area (Å²) in [5.74, 6) is 0.410. The molecule has 2 aliphatic heterocycles. The van der Waals surface area contributed by atoms with Gasteiger partial charge >= 0.3 is 0 Å². The van der Waals surface area contributed by atoms with Gasteiger partial charge in [0.05, 0.1) is 6.54 Å². The molecule has 0 unspecified atom stereocenters. The molecule has 3 N–H and O–H groups in total. The van der Waals surface area contributed by atoms with E-state index in [4.69, 9.17) is 0 Å². The molecule has 2 amide bonds. The van der Waals surface area contributed by atoms with E-state index < -0.39 is 5.91 Å². The van der Waals surface area contributed by atoms with Crippen LogP contribution in [0.5, 0.6) is 0 Å². The van der Waals surface area contributed by atoms with Gasteiger partial charge in [0.25, 0.3) is 5.91 Å². The van der Waals surface area contributed by atoms with E-state index in [2.05, 4.69) is 15.6 Å². The first kappa shape index (κ1) is 15.8. The molecule has 4 rings (SSSR count). The Morgan fingerprint density at radius 3 is 2.64 bits per heavy atom. The number of likely N-dealkylation sites (tertiary alicyclic amines) is 1. The van der Waals surface area contributed by atoms with E-state index in [1.54, 1.807) is 23.1 Å². The predicted molar refractivity (Wildman–Crippen MR) is 93.3 cm³/mol. The lowest BCUT2D eigenvalue weighted by Crippen LogP contribution is -2.41. The van der Waals surface area contributed by atoms with Crippen LogP contribution in [0.4, 0.5) is 0 Å². The van der Waals surface area contributed by atoms with Crippen molar-refractivity contribution in [1.29, 1.82) is 0 Å². The number of nitrogens with one attached hydrogen (secondary N) is 3. The summed E-state index contributed by atoms with van der Waals surface area (Å²) < 4.78 is 0. The Labute approximate surface area is 144 Å². The number of hydrogen-bond acceptors (Lipinski definition) is 4. The Balaban J connectivity index is 1.42. The zero-order chi connectivity index (χ0) is 17.4. The third kappa shape index (κ3) is 2.91. The molecule has 3 heterocycles. The number of carbonyl (C=O) groups excluding carboxylic acids is 2. The van der Waals surface area contributed by atoms with Gasteiger partial charge < -0.3 is 20.5 Å². The Kier molecular flexibility index (Phi) is 4.01. The first-order valence-electron chi connectivity index (χ1n) is 8.50. The summed E-state index contributed by atoms with van der Waals surface area (Å²) >= 11 is 0. The Morgan fingerprint density at radius 1 is 1.16 bits per heavy atom. The first-order chi connectivity index (χ1) is 12.1. The maximum Gasteiger partial charge on any atom is 0.257 e. The van der Waals surface area contributed by atoms with Crippen LogP contribution in [0, 0.1) is 11.8 Å². The third-order valence-corrected chi connectivity index (χ3v) is 5.18. The number of pyridine rings is 1. The smallest absolute Gasteiger partial charge is 0.257 e. The van der Waals surface area contributed by atoms with Gasteiger partial charge in [0, 0.05) is 43.3 Å². The maximum atomic E-state index is 12.4. The second-order valence-corrected chi connectivity index (χ2v) is 6.74. The highest BCUT2D eigenvalue weighted by Gasteiger charge is 2.37. The van der Waals surface area contributed by atoms with E-state index in [1.807, 2.05) is 6.07 Å². The number of amides is 2. The summed E-state index contributed by atoms with van der Waals surface area (Å²) in [4.78, 5) is 41.8. The van der Waals surface area contributed by atoms with Crippen molar-refractivity contribution in [3.63, 3.8) is 0 Å². The number of benzene rings is 1. The number of aromatic nitrogens is 1. The predicted octanol–water partition coefficient (Wildman–Crippen LogP) is -0.0643. The highest BCUT2D eigenvalue weighted by Crippen LogP contribution is 2.25. The Hall–Kier alpha value is -2.67. The van der Waals surface area contributed by atoms with Crippen molar-refractivity contribution >= 4 is 22.7 Å². The molecule has 0 spiro atoms. The minimum Gasteiger partial charge on any atom is -0.360 e. The minimum absolute atomic E-state index is 0.0222. The standard InChI is InChI=1S/C18H20N4O3/c23-16(22-9-11-5-19-6-12(11)10-22)8-21-18(25)14-7-20-15-4-2-1-3-13(15)17(14)24/h1-4,7,11-12,19H,5-6,8-10H2,(H,20,24)(H,21,25)/t11-,12+. The van der Waals surface area contributed by atoms with Crippen LogP contribution in [0.3, 0.4) is 0 Å². The van der Waals surface area contributed by atoms with Crippen LogP contribution in [0.2, 0.25) is 0 Å². The molecule has 1 aromatic heterocycles. The van der Waals surface area contributed by atoms with Crippen LogP contribution in [0.1, 0.15) is 10.4 Å². The Bertz CT molecular complexity index is 879. The molecular formula is C18H20N4O3. The molecule has 0 radical (unpaired) electrons. The van der Waals surface area contributed by atoms with Crippen molar-refractivity contribution in [3.05, 3.63) is 46.2 Å². The minimum atomic E-state index is -0.526. The van der Waals surface area contributed by atoms with Crippen molar-refractivity contribution in [3.8, 4) is 0 Å². The molecule has 0 saturated carbocycles. The average Bonchev–Trinajstić information content (AvgIpc) is 3.22. The monoisotopic (exact) mass is 340 g/mol. The van der Waals surface area contributed by atoms with Gasteiger partial charge in [-0.05, 0) is 24.0 Å². The topological polar surface area (TPSA) is 94.3 Å². The second kappa shape index (κ2) is 6.33. The molecule has 7 nitrogen and oxygen atoms in total. The summed E-state index contributed by atoms with van der Waals surface area (Å²) in [6.45, 7) is 3.30. The van der Waals surface area contributed by atoms with Gasteiger partial charge in [-0.2, -0.15) is 0 Å². The molecule has 25 heavy (non-hydrogen) atoms. The van der Waals surface area contributed by atoms with Crippen LogP contribution in [0.25, 0.3) is 10.9 Å². The third-order valence-electron chi connectivity index (χ3n) is 5.18. The summed E-state index contributed by atoms with van der Waals surface area (Å²) in [5, 5.41) is 6.37. The molecule has 1 aromatic carbocycles. The van der Waals surface area contributed by atoms with Crippen molar-refractivity contribution in [2.45, 2.75) is 0 Å². The van der Waals surface area contributed by atoms with Crippen molar-refractivity contribution < 1.29 is 9.59 Å². The fraction of sp³-hybridized carbons (Fsp3) is 0.389. The molecule has 2 atom stereocenters. The molecule has 0 bridgehead atoms. The van der Waals surface area contributed by atoms with Crippen LogP contribution < -0.4 is 16.1 Å². The van der Waals surface area contributed by atoms with Gasteiger partial charge in [0.15, 0.2) is 0 Å². The van der Waals surface area contributed by atoms with E-state index in [-0.39, 0.29) is 23.4 Å². The largest absolute Gasteiger partial charge is 0.360 e. The quantitative estimate of drug-likeness (QED) is 0.729. The van der Waals surface area contributed by atoms with Crippen LogP contribution in [-0.4, -0.2) is 54.4 Å². The van der Waals surface area contributed by atoms with E-state index in [0.717, 1.165) is 26.2 Å². The number of fused-ring (bicyclic) bond motifs is 2. The molecule has 130 valence electrons. The zero-order valence-electron chi connectivity index (χ0n) is 13.7. The SMILES string of the molecule is O=C(NCC(=O)N1C[C@H]2CNC[C@H]2C1)c1c[nH]c2ccccc2c1=O. The number of nitrogens with zero attached hydrogens (tertiary/aromatic N) is 1. The van der Waals surface area contributed by atoms with Gasteiger partial charge in [-0.1, -0.05) is 12.1 Å². The average molecular weight is 340 g/mol. The summed E-state index contributed by atoms with van der Waals surface area (Å²) in [5.41, 5.74) is 0.368. The van der Waals surface area contributed by atoms with E-state index >= 15 is 0 Å². The van der Waals surface area contributed by atoms with Gasteiger partial charge in [-0.3, -0.25) is 14.4 Å². The number of rotatable bonds is 3. The molecule has 2 saturated heterocycles. The van der Waals surface area contributed by atoms with Gasteiger partial charge in [0.1, 0.15) is 5.56 Å². The van der Waals surface area contributed by atoms with Gasteiger partial charge in [-0.15, -0.1) is 0 Å². The highest BCUT2D eigenvalue weighted by atomic mass is 16.2. The number of carbonyl (C=O) groups is 2. The molecule has 2 aliphatic rings. The lowest BCUT2D eigenvalue weighted by molar-refractivity contribution is -0.129. The maximum absolute atomic E-state index is 12.4. The summed E-state index contributed by atoms with van der Waals surface area (Å²) in [7, 11) is 0.